The monoisotopic (exact) mass is 1120 g/mol. The standard InChI is InChI=1S/C52H71N13O11S2/c1-26(66)40(43(53)69)63-50(76)42(52(3,4)78)65-49(75)41(27(2)67)64-44(70)35(14-9-19-56-51(54)55)59-47(73)38(22-31-24-57-34-13-8-7-12-33(31)34)61-46(72)37(20-28-15-17-32(68)18-16-28)60-48(74)39(25-77)62-45(71)36-21-29-10-5-6-11-30(29)23-58-36/h5-8,10-13,15-18,24,26-27,35-42,57-58,66-68,77-78H,9,14,19-23,25H2,1-4H3,(H2,53,69)(H,59,73)(H,60,74)(H,61,72)(H,62,71)(H,63,76)(H,64,70)(H,65,75)(H4,54,55,56)/t26-,27-,35+,36-,37+,38-,39+,40+,41+,42-/m1/s1. The van der Waals surface area contributed by atoms with Crippen LogP contribution < -0.4 is 59.7 Å². The van der Waals surface area contributed by atoms with Crippen molar-refractivity contribution in [3.05, 3.63) is 101 Å². The number of aliphatic imine (C=N–C) groups is 1. The summed E-state index contributed by atoms with van der Waals surface area (Å²) < 4.78 is -1.35. The van der Waals surface area contributed by atoms with Gasteiger partial charge in [-0.2, -0.15) is 25.3 Å². The number of nitrogens with zero attached hydrogens (tertiary/aromatic N) is 1. The van der Waals surface area contributed by atoms with Crippen molar-refractivity contribution < 1.29 is 53.7 Å². The topological polar surface area (TPSA) is 400 Å². The summed E-state index contributed by atoms with van der Waals surface area (Å²) in [6, 6.07) is 9.55. The molecule has 5 rings (SSSR count). The van der Waals surface area contributed by atoms with Gasteiger partial charge in [0, 0.05) is 53.5 Å². The van der Waals surface area contributed by atoms with Crippen LogP contribution in [0.3, 0.4) is 0 Å². The van der Waals surface area contributed by atoms with Crippen molar-refractivity contribution in [3.8, 4) is 5.75 Å². The number of phenols is 1. The van der Waals surface area contributed by atoms with E-state index < -0.39 is 113 Å². The number of rotatable bonds is 27. The SMILES string of the molecule is C[C@@H](O)[C@H](NC(=O)[C@@H](NC(=O)[C@@H](NC(=O)[C@H](CCCN=C(N)N)NC(=O)[C@@H](Cc1c[nH]c2ccccc12)NC(=O)[C@H](Cc1ccc(O)cc1)NC(=O)[C@H](CS)NC(=O)[C@H]1Cc2ccccc2CN1)[C@@H](C)O)C(C)(C)S)C(N)=O. The zero-order valence-electron chi connectivity index (χ0n) is 43.6. The number of para-hydroxylation sites is 1. The van der Waals surface area contributed by atoms with Crippen LogP contribution in [0.5, 0.6) is 5.75 Å². The Morgan fingerprint density at radius 3 is 1.86 bits per heavy atom. The Bertz CT molecular complexity index is 2800. The van der Waals surface area contributed by atoms with E-state index in [9.17, 15) is 53.7 Å². The number of nitrogens with two attached hydrogens (primary N) is 3. The maximum atomic E-state index is 14.8. The molecule has 10 atom stereocenters. The number of primary amides is 1. The fraction of sp³-hybridized carbons (Fsp3) is 0.442. The molecule has 0 saturated carbocycles. The first-order valence-electron chi connectivity index (χ1n) is 25.2. The van der Waals surface area contributed by atoms with Crippen molar-refractivity contribution in [1.29, 1.82) is 0 Å². The van der Waals surface area contributed by atoms with Crippen LogP contribution in [0.4, 0.5) is 0 Å². The zero-order chi connectivity index (χ0) is 57.4. The van der Waals surface area contributed by atoms with Gasteiger partial charge < -0.3 is 80.0 Å². The van der Waals surface area contributed by atoms with Crippen LogP contribution in [0.25, 0.3) is 10.9 Å². The summed E-state index contributed by atoms with van der Waals surface area (Å²) in [5.74, 6) is -7.57. The number of H-pyrrole nitrogens is 1. The van der Waals surface area contributed by atoms with Gasteiger partial charge in [0.2, 0.25) is 47.3 Å². The van der Waals surface area contributed by atoms with Crippen molar-refractivity contribution in [2.24, 2.45) is 22.2 Å². The Labute approximate surface area is 461 Å². The Hall–Kier alpha value is -7.39. The summed E-state index contributed by atoms with van der Waals surface area (Å²) in [6.45, 7) is 5.75. The third-order valence-electron chi connectivity index (χ3n) is 12.9. The molecular weight excluding hydrogens is 1050 g/mol. The van der Waals surface area contributed by atoms with E-state index in [1.54, 1.807) is 42.6 Å². The van der Waals surface area contributed by atoms with Gasteiger partial charge >= 0.3 is 0 Å². The molecule has 18 N–H and O–H groups in total. The van der Waals surface area contributed by atoms with Crippen LogP contribution in [0.15, 0.2) is 84.0 Å². The molecule has 24 nitrogen and oxygen atoms in total. The van der Waals surface area contributed by atoms with Crippen LogP contribution in [0, 0.1) is 0 Å². The molecule has 1 aromatic heterocycles. The molecule has 1 aliphatic rings. The Kier molecular flexibility index (Phi) is 22.3. The number of benzene rings is 3. The number of aromatic nitrogens is 1. The molecular formula is C52H71N13O11S2. The van der Waals surface area contributed by atoms with E-state index in [0.29, 0.717) is 35.0 Å². The number of carbonyl (C=O) groups is 8. The number of hydrogen-bond acceptors (Lipinski definition) is 15. The minimum atomic E-state index is -1.78. The summed E-state index contributed by atoms with van der Waals surface area (Å²) in [5.41, 5.74) is 20.3. The van der Waals surface area contributed by atoms with Crippen LogP contribution in [-0.4, -0.2) is 151 Å². The number of nitrogens with one attached hydrogen (secondary N) is 9. The maximum Gasteiger partial charge on any atom is 0.245 e. The van der Waals surface area contributed by atoms with Gasteiger partial charge in [0.25, 0.3) is 0 Å². The number of aromatic amines is 1. The predicted octanol–water partition coefficient (Wildman–Crippen LogP) is -2.29. The number of carbonyl (C=O) groups excluding carboxylic acids is 8. The Morgan fingerprint density at radius 2 is 1.26 bits per heavy atom. The molecule has 0 fully saturated rings. The van der Waals surface area contributed by atoms with Crippen LogP contribution in [-0.2, 0) is 64.2 Å². The number of aliphatic hydroxyl groups excluding tert-OH is 2. The molecule has 78 heavy (non-hydrogen) atoms. The molecule has 2 heterocycles. The lowest BCUT2D eigenvalue weighted by Gasteiger charge is -2.33. The van der Waals surface area contributed by atoms with E-state index in [1.807, 2.05) is 24.3 Å². The lowest BCUT2D eigenvalue weighted by atomic mass is 9.95. The first kappa shape index (κ1) is 61.5. The van der Waals surface area contributed by atoms with E-state index >= 15 is 0 Å². The Balaban J connectivity index is 1.43. The molecule has 8 amide bonds. The zero-order valence-corrected chi connectivity index (χ0v) is 45.4. The molecule has 0 aliphatic carbocycles. The van der Waals surface area contributed by atoms with Gasteiger partial charge in [0.05, 0.1) is 18.2 Å². The van der Waals surface area contributed by atoms with Gasteiger partial charge in [-0.1, -0.05) is 54.6 Å². The van der Waals surface area contributed by atoms with Crippen molar-refractivity contribution >= 4 is 89.4 Å². The smallest absolute Gasteiger partial charge is 0.245 e. The van der Waals surface area contributed by atoms with E-state index in [-0.39, 0.29) is 49.7 Å². The third-order valence-corrected chi connectivity index (χ3v) is 13.6. The number of aliphatic hydroxyl groups is 2. The summed E-state index contributed by atoms with van der Waals surface area (Å²) in [6.07, 6.45) is -1.45. The average Bonchev–Trinajstić information content (AvgIpc) is 3.81. The second kappa shape index (κ2) is 28.3. The van der Waals surface area contributed by atoms with E-state index in [2.05, 4.69) is 77.8 Å². The van der Waals surface area contributed by atoms with Crippen LogP contribution in [0.1, 0.15) is 62.8 Å². The summed E-state index contributed by atoms with van der Waals surface area (Å²) in [7, 11) is 0. The molecule has 0 bridgehead atoms. The second-order valence-corrected chi connectivity index (χ2v) is 21.2. The highest BCUT2D eigenvalue weighted by Gasteiger charge is 2.40. The van der Waals surface area contributed by atoms with Gasteiger partial charge in [-0.15, -0.1) is 0 Å². The van der Waals surface area contributed by atoms with Gasteiger partial charge in [-0.25, -0.2) is 0 Å². The predicted molar refractivity (Wildman–Crippen MR) is 297 cm³/mol. The lowest BCUT2D eigenvalue weighted by molar-refractivity contribution is -0.137. The van der Waals surface area contributed by atoms with E-state index in [1.165, 1.54) is 39.8 Å². The van der Waals surface area contributed by atoms with E-state index in [4.69, 9.17) is 17.2 Å². The molecule has 1 aliphatic heterocycles. The summed E-state index contributed by atoms with van der Waals surface area (Å²) in [5, 5.41) is 53.0. The van der Waals surface area contributed by atoms with Gasteiger partial charge in [-0.05, 0) is 87.4 Å². The Morgan fingerprint density at radius 1 is 0.692 bits per heavy atom. The molecule has 0 radical (unpaired) electrons. The first-order chi connectivity index (χ1) is 36.9. The van der Waals surface area contributed by atoms with Crippen LogP contribution in [0.2, 0.25) is 0 Å². The first-order valence-corrected chi connectivity index (χ1v) is 26.2. The fourth-order valence-electron chi connectivity index (χ4n) is 8.62. The number of hydrogen-bond donors (Lipinski definition) is 17. The minimum Gasteiger partial charge on any atom is -0.508 e. The largest absolute Gasteiger partial charge is 0.508 e. The molecule has 0 saturated heterocycles. The summed E-state index contributed by atoms with van der Waals surface area (Å²) in [4.78, 5) is 118. The average molecular weight is 1120 g/mol. The van der Waals surface area contributed by atoms with Gasteiger partial charge in [0.15, 0.2) is 5.96 Å². The number of amides is 8. The van der Waals surface area contributed by atoms with Crippen LogP contribution >= 0.6 is 25.3 Å². The second-order valence-electron chi connectivity index (χ2n) is 19.7. The van der Waals surface area contributed by atoms with Crippen molar-refractivity contribution in [2.45, 2.75) is 132 Å². The highest BCUT2D eigenvalue weighted by molar-refractivity contribution is 7.81. The normalized spacial score (nSPS) is 16.6. The highest BCUT2D eigenvalue weighted by Crippen LogP contribution is 2.22. The van der Waals surface area contributed by atoms with E-state index in [0.717, 1.165) is 11.1 Å². The molecule has 4 aromatic rings. The highest BCUT2D eigenvalue weighted by atomic mass is 32.1. The maximum absolute atomic E-state index is 14.8. The quantitative estimate of drug-likeness (QED) is 0.0129. The number of thiol groups is 2. The molecule has 3 aromatic carbocycles. The van der Waals surface area contributed by atoms with Gasteiger partial charge in [-0.3, -0.25) is 43.3 Å². The van der Waals surface area contributed by atoms with Crippen molar-refractivity contribution in [2.75, 3.05) is 12.3 Å². The number of aromatic hydroxyl groups is 1. The third kappa shape index (κ3) is 17.6. The number of fused-ring (bicyclic) bond motifs is 2. The number of guanidine groups is 1. The molecule has 26 heteroatoms. The number of phenolic OH excluding ortho intramolecular Hbond substituents is 1. The lowest BCUT2D eigenvalue weighted by Crippen LogP contribution is -2.64. The van der Waals surface area contributed by atoms with Crippen molar-refractivity contribution in [3.63, 3.8) is 0 Å². The molecule has 422 valence electrons. The summed E-state index contributed by atoms with van der Waals surface area (Å²) >= 11 is 8.81. The fourth-order valence-corrected chi connectivity index (χ4v) is 9.06. The van der Waals surface area contributed by atoms with Crippen molar-refractivity contribution in [1.82, 2.24) is 47.5 Å². The molecule has 0 unspecified atom stereocenters. The minimum absolute atomic E-state index is 0.0120. The van der Waals surface area contributed by atoms with Gasteiger partial charge in [0.1, 0.15) is 48.0 Å². The molecule has 0 spiro atoms.